The van der Waals surface area contributed by atoms with Crippen molar-refractivity contribution in [3.05, 3.63) is 47.1 Å². The summed E-state index contributed by atoms with van der Waals surface area (Å²) in [6, 6.07) is 11.3. The number of hydrogen-bond acceptors (Lipinski definition) is 6. The van der Waals surface area contributed by atoms with E-state index in [2.05, 4.69) is 44.8 Å². The third kappa shape index (κ3) is 2.83. The molecule has 0 aliphatic carbocycles. The molecule has 1 N–H and O–H groups in total. The number of aromatic nitrogens is 2. The standard InChI is InChI=1S/C20H22N4OS/c1-13-21-19(16-8-11-26-20(16)22-13)24-9-6-14(7-10-24)23-17-12-25-18-5-3-2-4-15(17)18/h2-5,8,11,14,17,23H,6-7,9-10,12H2,1H3/t17-/m0/s1. The summed E-state index contributed by atoms with van der Waals surface area (Å²) in [5, 5.41) is 7.10. The summed E-state index contributed by atoms with van der Waals surface area (Å²) < 4.78 is 5.81. The lowest BCUT2D eigenvalue weighted by atomic mass is 10.0. The number of hydrogen-bond donors (Lipinski definition) is 1. The van der Waals surface area contributed by atoms with Gasteiger partial charge in [-0.1, -0.05) is 18.2 Å². The molecule has 1 fully saturated rings. The van der Waals surface area contributed by atoms with E-state index in [0.717, 1.165) is 54.8 Å². The number of thiophene rings is 1. The molecule has 2 aliphatic rings. The number of nitrogens with zero attached hydrogens (tertiary/aromatic N) is 3. The van der Waals surface area contributed by atoms with Crippen LogP contribution in [0.4, 0.5) is 5.82 Å². The third-order valence-electron chi connectivity index (χ3n) is 5.35. The van der Waals surface area contributed by atoms with Crippen molar-refractivity contribution in [3.63, 3.8) is 0 Å². The number of fused-ring (bicyclic) bond motifs is 2. The highest BCUT2D eigenvalue weighted by atomic mass is 32.1. The normalized spacial score (nSPS) is 20.3. The molecule has 134 valence electrons. The summed E-state index contributed by atoms with van der Waals surface area (Å²) >= 11 is 1.69. The van der Waals surface area contributed by atoms with Gasteiger partial charge in [0.25, 0.3) is 0 Å². The summed E-state index contributed by atoms with van der Waals surface area (Å²) in [6.07, 6.45) is 2.24. The second kappa shape index (κ2) is 6.52. The second-order valence-corrected chi connectivity index (χ2v) is 7.96. The van der Waals surface area contributed by atoms with E-state index in [-0.39, 0.29) is 0 Å². The zero-order chi connectivity index (χ0) is 17.5. The van der Waals surface area contributed by atoms with Crippen molar-refractivity contribution in [3.8, 4) is 5.75 Å². The van der Waals surface area contributed by atoms with Crippen LogP contribution in [0.5, 0.6) is 5.75 Å². The van der Waals surface area contributed by atoms with Crippen molar-refractivity contribution in [1.82, 2.24) is 15.3 Å². The van der Waals surface area contributed by atoms with E-state index in [4.69, 9.17) is 9.72 Å². The molecule has 0 radical (unpaired) electrons. The van der Waals surface area contributed by atoms with E-state index in [1.165, 1.54) is 10.9 Å². The van der Waals surface area contributed by atoms with Gasteiger partial charge in [-0.15, -0.1) is 11.3 Å². The topological polar surface area (TPSA) is 50.3 Å². The largest absolute Gasteiger partial charge is 0.491 e. The van der Waals surface area contributed by atoms with Gasteiger partial charge in [0.2, 0.25) is 0 Å². The Morgan fingerprint density at radius 3 is 2.88 bits per heavy atom. The van der Waals surface area contributed by atoms with Crippen molar-refractivity contribution in [2.75, 3.05) is 24.6 Å². The Hall–Kier alpha value is -2.18. The molecule has 6 heteroatoms. The van der Waals surface area contributed by atoms with Gasteiger partial charge >= 0.3 is 0 Å². The molecular formula is C20H22N4OS. The monoisotopic (exact) mass is 366 g/mol. The molecule has 0 bridgehead atoms. The number of para-hydroxylation sites is 1. The number of rotatable bonds is 3. The van der Waals surface area contributed by atoms with E-state index in [9.17, 15) is 0 Å². The van der Waals surface area contributed by atoms with Crippen molar-refractivity contribution in [2.45, 2.75) is 31.8 Å². The van der Waals surface area contributed by atoms with E-state index in [1.807, 2.05) is 13.0 Å². The average Bonchev–Trinajstić information content (AvgIpc) is 3.29. The molecular weight excluding hydrogens is 344 g/mol. The fourth-order valence-corrected chi connectivity index (χ4v) is 4.83. The van der Waals surface area contributed by atoms with Gasteiger partial charge < -0.3 is 15.0 Å². The molecule has 0 spiro atoms. The van der Waals surface area contributed by atoms with Crippen LogP contribution in [0.1, 0.15) is 30.3 Å². The number of anilines is 1. The Kier molecular flexibility index (Phi) is 4.02. The smallest absolute Gasteiger partial charge is 0.141 e. The van der Waals surface area contributed by atoms with Crippen LogP contribution in [-0.2, 0) is 0 Å². The van der Waals surface area contributed by atoms with Crippen LogP contribution in [0.2, 0.25) is 0 Å². The first-order valence-corrected chi connectivity index (χ1v) is 10.1. The predicted octanol–water partition coefficient (Wildman–Crippen LogP) is 3.69. The van der Waals surface area contributed by atoms with Gasteiger partial charge in [0.15, 0.2) is 0 Å². The Morgan fingerprint density at radius 2 is 2.00 bits per heavy atom. The molecule has 5 nitrogen and oxygen atoms in total. The van der Waals surface area contributed by atoms with Gasteiger partial charge in [-0.3, -0.25) is 0 Å². The van der Waals surface area contributed by atoms with Crippen molar-refractivity contribution in [2.24, 2.45) is 0 Å². The minimum atomic E-state index is 0.313. The summed E-state index contributed by atoms with van der Waals surface area (Å²) in [6.45, 7) is 4.76. The quantitative estimate of drug-likeness (QED) is 0.766. The van der Waals surface area contributed by atoms with Gasteiger partial charge in [0, 0.05) is 24.7 Å². The van der Waals surface area contributed by atoms with Gasteiger partial charge in [-0.25, -0.2) is 9.97 Å². The molecule has 4 heterocycles. The average molecular weight is 366 g/mol. The van der Waals surface area contributed by atoms with E-state index >= 15 is 0 Å². The second-order valence-electron chi connectivity index (χ2n) is 7.06. The van der Waals surface area contributed by atoms with Gasteiger partial charge in [0.05, 0.1) is 11.4 Å². The van der Waals surface area contributed by atoms with Crippen LogP contribution in [0.25, 0.3) is 10.2 Å². The maximum atomic E-state index is 5.81. The lowest BCUT2D eigenvalue weighted by Crippen LogP contribution is -2.44. The van der Waals surface area contributed by atoms with Crippen LogP contribution in [0, 0.1) is 6.92 Å². The van der Waals surface area contributed by atoms with Crippen molar-refractivity contribution < 1.29 is 4.74 Å². The minimum absolute atomic E-state index is 0.313. The van der Waals surface area contributed by atoms with E-state index in [0.29, 0.717) is 12.1 Å². The minimum Gasteiger partial charge on any atom is -0.491 e. The fraction of sp³-hybridized carbons (Fsp3) is 0.400. The number of piperidine rings is 1. The van der Waals surface area contributed by atoms with Crippen molar-refractivity contribution in [1.29, 1.82) is 0 Å². The van der Waals surface area contributed by atoms with Crippen LogP contribution < -0.4 is 15.0 Å². The van der Waals surface area contributed by atoms with E-state index < -0.39 is 0 Å². The lowest BCUT2D eigenvalue weighted by molar-refractivity contribution is 0.284. The number of benzene rings is 1. The van der Waals surface area contributed by atoms with Gasteiger partial charge in [-0.05, 0) is 37.3 Å². The maximum absolute atomic E-state index is 5.81. The first-order valence-electron chi connectivity index (χ1n) is 9.22. The molecule has 26 heavy (non-hydrogen) atoms. The first kappa shape index (κ1) is 16.0. The summed E-state index contributed by atoms with van der Waals surface area (Å²) in [7, 11) is 0. The highest BCUT2D eigenvalue weighted by Crippen LogP contribution is 2.33. The van der Waals surface area contributed by atoms with Crippen LogP contribution in [0.3, 0.4) is 0 Å². The van der Waals surface area contributed by atoms with E-state index in [1.54, 1.807) is 11.3 Å². The molecule has 0 unspecified atom stereocenters. The number of nitrogens with one attached hydrogen (secondary N) is 1. The third-order valence-corrected chi connectivity index (χ3v) is 6.15. The predicted molar refractivity (Wildman–Crippen MR) is 105 cm³/mol. The Balaban J connectivity index is 1.27. The molecule has 5 rings (SSSR count). The van der Waals surface area contributed by atoms with Crippen molar-refractivity contribution >= 4 is 27.4 Å². The molecule has 1 aromatic carbocycles. The first-order chi connectivity index (χ1) is 12.8. The molecule has 0 amide bonds. The molecule has 2 aromatic heterocycles. The van der Waals surface area contributed by atoms with Gasteiger partial charge in [0.1, 0.15) is 28.8 Å². The van der Waals surface area contributed by atoms with Gasteiger partial charge in [-0.2, -0.15) is 0 Å². The Labute approximate surface area is 157 Å². The summed E-state index contributed by atoms with van der Waals surface area (Å²) in [4.78, 5) is 12.8. The molecule has 1 atom stereocenters. The molecule has 3 aromatic rings. The highest BCUT2D eigenvalue weighted by Gasteiger charge is 2.28. The fourth-order valence-electron chi connectivity index (χ4n) is 4.03. The van der Waals surface area contributed by atoms with Crippen LogP contribution >= 0.6 is 11.3 Å². The number of aryl methyl sites for hydroxylation is 1. The summed E-state index contributed by atoms with van der Waals surface area (Å²) in [5.41, 5.74) is 1.29. The maximum Gasteiger partial charge on any atom is 0.141 e. The molecule has 1 saturated heterocycles. The molecule has 2 aliphatic heterocycles. The molecule has 0 saturated carbocycles. The zero-order valence-electron chi connectivity index (χ0n) is 14.8. The van der Waals surface area contributed by atoms with Crippen LogP contribution in [0.15, 0.2) is 35.7 Å². The highest BCUT2D eigenvalue weighted by molar-refractivity contribution is 7.16. The lowest BCUT2D eigenvalue weighted by Gasteiger charge is -2.34. The zero-order valence-corrected chi connectivity index (χ0v) is 15.6. The SMILES string of the molecule is Cc1nc(N2CCC(N[C@H]3COc4ccccc43)CC2)c2ccsc2n1. The Bertz CT molecular complexity index is 932. The Morgan fingerprint density at radius 1 is 1.15 bits per heavy atom. The summed E-state index contributed by atoms with van der Waals surface area (Å²) in [5.74, 6) is 2.98. The van der Waals surface area contributed by atoms with Crippen LogP contribution in [-0.4, -0.2) is 35.7 Å². The number of ether oxygens (including phenoxy) is 1.